The second kappa shape index (κ2) is 12.6. The van der Waals surface area contributed by atoms with Crippen LogP contribution in [0.5, 0.6) is 5.75 Å². The fourth-order valence-electron chi connectivity index (χ4n) is 5.38. The molecule has 1 unspecified atom stereocenters. The zero-order valence-corrected chi connectivity index (χ0v) is 23.7. The molecule has 3 aromatic rings. The number of imidazole rings is 1. The molecule has 6 nitrogen and oxygen atoms in total. The monoisotopic (exact) mass is 529 g/mol. The van der Waals surface area contributed by atoms with Gasteiger partial charge in [0.2, 0.25) is 0 Å². The van der Waals surface area contributed by atoms with E-state index < -0.39 is 0 Å². The number of piperidine rings is 1. The Balaban J connectivity index is 1.27. The summed E-state index contributed by atoms with van der Waals surface area (Å²) in [7, 11) is 1.08. The van der Waals surface area contributed by atoms with Gasteiger partial charge in [0.1, 0.15) is 12.4 Å². The lowest BCUT2D eigenvalue weighted by Crippen LogP contribution is -2.33. The van der Waals surface area contributed by atoms with E-state index in [1.807, 2.05) is 12.4 Å². The summed E-state index contributed by atoms with van der Waals surface area (Å²) in [4.78, 5) is 9.51. The van der Waals surface area contributed by atoms with Crippen molar-refractivity contribution in [2.24, 2.45) is 0 Å². The van der Waals surface area contributed by atoms with Crippen LogP contribution in [-0.4, -0.2) is 57.8 Å². The highest BCUT2D eigenvalue weighted by Crippen LogP contribution is 2.35. The lowest BCUT2D eigenvalue weighted by Gasteiger charge is -2.26. The van der Waals surface area contributed by atoms with Gasteiger partial charge in [-0.1, -0.05) is 31.2 Å². The molecule has 0 saturated carbocycles. The lowest BCUT2D eigenvalue weighted by molar-refractivity contribution is 0.183. The predicted octanol–water partition coefficient (Wildman–Crippen LogP) is 7.32. The number of nitrogens with one attached hydrogen (secondary N) is 1. The molecule has 1 N–H and O–H groups in total. The topological polar surface area (TPSA) is 45.0 Å². The van der Waals surface area contributed by atoms with E-state index in [9.17, 15) is 0 Å². The van der Waals surface area contributed by atoms with Crippen LogP contribution in [0, 0.1) is 0 Å². The molecule has 2 saturated heterocycles. The van der Waals surface area contributed by atoms with Gasteiger partial charge in [-0.05, 0) is 88.5 Å². The maximum absolute atomic E-state index is 6.15. The van der Waals surface area contributed by atoms with Crippen LogP contribution in [0.25, 0.3) is 16.5 Å². The predicted molar refractivity (Wildman–Crippen MR) is 160 cm³/mol. The first-order valence-corrected chi connectivity index (χ1v) is 14.8. The summed E-state index contributed by atoms with van der Waals surface area (Å²) in [6, 6.07) is 11.2. The van der Waals surface area contributed by atoms with Crippen molar-refractivity contribution in [3.63, 3.8) is 0 Å². The number of nitrogens with zero attached hydrogens (tertiary/aromatic N) is 4. The summed E-state index contributed by atoms with van der Waals surface area (Å²) in [5.41, 5.74) is 5.24. The fraction of sp³-hybridized carbons (Fsp3) is 0.419. The van der Waals surface area contributed by atoms with Crippen LogP contribution < -0.4 is 10.1 Å². The van der Waals surface area contributed by atoms with E-state index in [0.29, 0.717) is 6.04 Å². The molecule has 0 aliphatic carbocycles. The van der Waals surface area contributed by atoms with Crippen LogP contribution in [-0.2, 0) is 0 Å². The summed E-state index contributed by atoms with van der Waals surface area (Å²) in [6.07, 6.45) is 16.7. The van der Waals surface area contributed by atoms with Crippen molar-refractivity contribution in [1.82, 2.24) is 18.9 Å². The largest absolute Gasteiger partial charge is 0.492 e. The number of rotatable bonds is 10. The Bertz CT molecular complexity index is 1310. The molecule has 2 aliphatic rings. The molecule has 2 fully saturated rings. The Morgan fingerprint density at radius 1 is 1.18 bits per heavy atom. The molecule has 7 heteroatoms. The molecule has 1 atom stereocenters. The minimum atomic E-state index is 0.577. The van der Waals surface area contributed by atoms with Crippen molar-refractivity contribution >= 4 is 19.7 Å². The van der Waals surface area contributed by atoms with Crippen molar-refractivity contribution in [3.05, 3.63) is 78.9 Å². The van der Waals surface area contributed by atoms with Gasteiger partial charge in [0.05, 0.1) is 5.69 Å². The van der Waals surface area contributed by atoms with E-state index in [1.165, 1.54) is 56.1 Å². The van der Waals surface area contributed by atoms with Gasteiger partial charge in [-0.3, -0.25) is 9.06 Å². The van der Waals surface area contributed by atoms with Gasteiger partial charge in [0, 0.05) is 56.6 Å². The Hall–Kier alpha value is -3.08. The second-order valence-corrected chi connectivity index (χ2v) is 11.5. The Kier molecular flexibility index (Phi) is 8.83. The average molecular weight is 530 g/mol. The number of benzene rings is 1. The van der Waals surface area contributed by atoms with Crippen molar-refractivity contribution in [2.45, 2.75) is 52.0 Å². The van der Waals surface area contributed by atoms with E-state index in [2.05, 4.69) is 93.3 Å². The number of aromatic nitrogens is 2. The van der Waals surface area contributed by atoms with Gasteiger partial charge in [-0.2, -0.15) is 0 Å². The minimum Gasteiger partial charge on any atom is -0.492 e. The van der Waals surface area contributed by atoms with E-state index >= 15 is 0 Å². The quantitative estimate of drug-likeness (QED) is 0.279. The molecule has 2 aromatic heterocycles. The first kappa shape index (κ1) is 26.5. The van der Waals surface area contributed by atoms with Crippen molar-refractivity contribution in [2.75, 3.05) is 38.1 Å². The van der Waals surface area contributed by atoms with Crippen LogP contribution in [0.3, 0.4) is 0 Å². The summed E-state index contributed by atoms with van der Waals surface area (Å²) < 4.78 is 8.32. The van der Waals surface area contributed by atoms with E-state index in [0.717, 1.165) is 56.5 Å². The number of allylic oxidation sites excluding steroid dienone is 4. The van der Waals surface area contributed by atoms with E-state index in [-0.39, 0.29) is 0 Å². The van der Waals surface area contributed by atoms with Crippen LogP contribution in [0.4, 0.5) is 5.69 Å². The number of likely N-dealkylation sites (tertiary alicyclic amines) is 2. The molecule has 0 radical (unpaired) electrons. The van der Waals surface area contributed by atoms with Gasteiger partial charge in [0.15, 0.2) is 5.65 Å². The first-order chi connectivity index (χ1) is 18.6. The van der Waals surface area contributed by atoms with E-state index in [4.69, 9.17) is 4.74 Å². The zero-order chi connectivity index (χ0) is 26.3. The molecular formula is C31H40N5OP. The number of hydrogen-bond donors (Lipinski definition) is 1. The van der Waals surface area contributed by atoms with Crippen molar-refractivity contribution in [3.8, 4) is 16.6 Å². The Morgan fingerprint density at radius 2 is 2.05 bits per heavy atom. The SMILES string of the molecule is C=C(/C=C\C=C(/C)Nc1cc(-c2cccc(OCCN3CCCCC3)c2)pn2ccnc12)N1CCCC1C. The normalized spacial score (nSPS) is 19.2. The summed E-state index contributed by atoms with van der Waals surface area (Å²) >= 11 is 0. The maximum Gasteiger partial charge on any atom is 0.164 e. The molecule has 38 heavy (non-hydrogen) atoms. The standard InChI is InChI=1S/C31H40N5OP/c1-24(10-7-11-25(2)35-18-9-12-26(35)3)33-29-23-30(38-36-19-15-32-31(29)36)27-13-8-14-28(22-27)37-21-20-34-16-5-4-6-17-34/h7-8,10-11,13-15,19,22-23,26,33H,2,4-6,9,12,16-18,20-21H2,1,3H3/b11-7-,24-10+. The molecule has 0 bridgehead atoms. The lowest BCUT2D eigenvalue weighted by atomic mass is 10.1. The van der Waals surface area contributed by atoms with Gasteiger partial charge in [-0.25, -0.2) is 4.98 Å². The smallest absolute Gasteiger partial charge is 0.164 e. The van der Waals surface area contributed by atoms with Crippen LogP contribution in [0.1, 0.15) is 46.0 Å². The maximum atomic E-state index is 6.15. The van der Waals surface area contributed by atoms with E-state index in [1.54, 1.807) is 0 Å². The molecule has 0 amide bonds. The highest BCUT2D eigenvalue weighted by atomic mass is 31.0. The summed E-state index contributed by atoms with van der Waals surface area (Å²) in [5.74, 6) is 0.926. The van der Waals surface area contributed by atoms with Crippen molar-refractivity contribution < 1.29 is 4.74 Å². The third kappa shape index (κ3) is 6.67. The second-order valence-electron chi connectivity index (χ2n) is 10.4. The molecule has 5 rings (SSSR count). The van der Waals surface area contributed by atoms with Crippen LogP contribution >= 0.6 is 8.35 Å². The Labute approximate surface area is 228 Å². The van der Waals surface area contributed by atoms with Gasteiger partial charge in [-0.15, -0.1) is 0 Å². The van der Waals surface area contributed by atoms with Gasteiger partial charge >= 0.3 is 0 Å². The molecule has 4 heterocycles. The average Bonchev–Trinajstić information content (AvgIpc) is 3.58. The third-order valence-electron chi connectivity index (χ3n) is 7.50. The van der Waals surface area contributed by atoms with Gasteiger partial charge < -0.3 is 15.0 Å². The molecule has 1 aromatic carbocycles. The molecule has 2 aliphatic heterocycles. The van der Waals surface area contributed by atoms with Crippen LogP contribution in [0.15, 0.2) is 78.9 Å². The first-order valence-electron chi connectivity index (χ1n) is 13.9. The number of hydrogen-bond acceptors (Lipinski definition) is 5. The number of anilines is 1. The molecule has 0 spiro atoms. The summed E-state index contributed by atoms with van der Waals surface area (Å²) in [6.45, 7) is 13.8. The molecule has 200 valence electrons. The molecular weight excluding hydrogens is 489 g/mol. The fourth-order valence-corrected chi connectivity index (χ4v) is 6.44. The third-order valence-corrected chi connectivity index (χ3v) is 8.64. The van der Waals surface area contributed by atoms with Crippen molar-refractivity contribution in [1.29, 1.82) is 0 Å². The Morgan fingerprint density at radius 3 is 2.87 bits per heavy atom. The number of fused-ring (bicyclic) bond motifs is 1. The van der Waals surface area contributed by atoms with Gasteiger partial charge in [0.25, 0.3) is 0 Å². The minimum absolute atomic E-state index is 0.577. The van der Waals surface area contributed by atoms with Crippen LogP contribution in [0.2, 0.25) is 0 Å². The number of ether oxygens (including phenoxy) is 1. The zero-order valence-electron chi connectivity index (χ0n) is 22.8. The highest BCUT2D eigenvalue weighted by Gasteiger charge is 2.19. The highest BCUT2D eigenvalue weighted by molar-refractivity contribution is 7.30. The summed E-state index contributed by atoms with van der Waals surface area (Å²) in [5, 5.41) is 4.79.